The summed E-state index contributed by atoms with van der Waals surface area (Å²) in [5.74, 6) is 0.546. The molecule has 3 heterocycles. The number of sulfonamides is 1. The number of carbonyl (C=O) groups excluding carboxylic acids is 1. The fourth-order valence-electron chi connectivity index (χ4n) is 6.83. The van der Waals surface area contributed by atoms with Crippen LogP contribution in [0.3, 0.4) is 0 Å². The number of amides is 1. The Bertz CT molecular complexity index is 1550. The molecule has 0 radical (unpaired) electrons. The summed E-state index contributed by atoms with van der Waals surface area (Å²) in [7, 11) is -1.75. The molecule has 0 spiro atoms. The topological polar surface area (TPSA) is 79.8 Å². The number of ether oxygens (including phenoxy) is 1. The molecule has 2 aliphatic rings. The maximum atomic E-state index is 14.6. The number of methoxy groups -OCH3 is 1. The van der Waals surface area contributed by atoms with Gasteiger partial charge in [0.25, 0.3) is 0 Å². The predicted molar refractivity (Wildman–Crippen MR) is 171 cm³/mol. The van der Waals surface area contributed by atoms with Crippen LogP contribution in [0, 0.1) is 5.41 Å². The van der Waals surface area contributed by atoms with Crippen LogP contribution < -0.4 is 4.74 Å². The molecule has 2 aromatic carbocycles. The summed E-state index contributed by atoms with van der Waals surface area (Å²) in [6.07, 6.45) is 2.75. The van der Waals surface area contributed by atoms with Crippen molar-refractivity contribution in [2.75, 3.05) is 26.0 Å². The Kier molecular flexibility index (Phi) is 9.71. The van der Waals surface area contributed by atoms with Crippen LogP contribution in [0.25, 0.3) is 0 Å². The van der Waals surface area contributed by atoms with Crippen molar-refractivity contribution in [1.29, 1.82) is 0 Å². The minimum absolute atomic E-state index is 0.00156. The Morgan fingerprint density at radius 1 is 1.05 bits per heavy atom. The highest BCUT2D eigenvalue weighted by atomic mass is 35.5. The first-order valence-electron chi connectivity index (χ1n) is 14.8. The van der Waals surface area contributed by atoms with Gasteiger partial charge in [0, 0.05) is 53.3 Å². The first-order valence-corrected chi connectivity index (χ1v) is 17.2. The van der Waals surface area contributed by atoms with Crippen molar-refractivity contribution in [2.45, 2.75) is 64.0 Å². The molecule has 0 saturated carbocycles. The lowest BCUT2D eigenvalue weighted by Gasteiger charge is -2.42. The summed E-state index contributed by atoms with van der Waals surface area (Å²) >= 11 is 12.9. The molecule has 5 rings (SSSR count). The number of likely N-dealkylation sites (tertiary alicyclic amines) is 1. The first kappa shape index (κ1) is 31.8. The third kappa shape index (κ3) is 7.19. The van der Waals surface area contributed by atoms with Gasteiger partial charge in [0.15, 0.2) is 0 Å². The Balaban J connectivity index is 1.65. The predicted octanol–water partition coefficient (Wildman–Crippen LogP) is 6.91. The van der Waals surface area contributed by atoms with Gasteiger partial charge in [-0.15, -0.1) is 0 Å². The van der Waals surface area contributed by atoms with E-state index in [0.717, 1.165) is 16.8 Å². The lowest BCUT2D eigenvalue weighted by Crippen LogP contribution is -2.49. The number of aromatic nitrogens is 1. The summed E-state index contributed by atoms with van der Waals surface area (Å²) < 4.78 is 32.7. The van der Waals surface area contributed by atoms with Gasteiger partial charge in [-0.2, -0.15) is 4.31 Å². The average molecular weight is 645 g/mol. The second kappa shape index (κ2) is 13.1. The van der Waals surface area contributed by atoms with Gasteiger partial charge >= 0.3 is 0 Å². The SMILES string of the molecule is CC[C@@H](CN1CCCS1(=O)=O)N1C(=O)C[C@](C)(Cc2cccc(OC)n2)C[C@H](c2cccc(Cl)c2)[C@H]1c1ccc(Cl)cc1. The average Bonchev–Trinajstić information content (AvgIpc) is 3.25. The molecule has 4 atom stereocenters. The molecular formula is C33H39Cl2N3O4S. The minimum Gasteiger partial charge on any atom is -0.481 e. The van der Waals surface area contributed by atoms with Gasteiger partial charge in [0.1, 0.15) is 0 Å². The van der Waals surface area contributed by atoms with E-state index in [1.165, 1.54) is 0 Å². The van der Waals surface area contributed by atoms with Gasteiger partial charge in [0.2, 0.25) is 21.8 Å². The standard InChI is InChI=1S/C33H39Cl2N3O4S/c1-4-28(22-37-16-7-17-43(37,40)41)38-31(39)21-33(2,19-27-10-6-11-30(36-27)42-3)20-29(24-8-5-9-26(35)18-24)32(38)23-12-14-25(34)15-13-23/h5-6,8-15,18,28-29,32H,4,7,16-17,19-22H2,1-3H3/t28-,29+,32+,33+/m0/s1. The fraction of sp³-hybridized carbons (Fsp3) is 0.455. The number of pyridine rings is 1. The van der Waals surface area contributed by atoms with E-state index in [-0.39, 0.29) is 42.6 Å². The van der Waals surface area contributed by atoms with Gasteiger partial charge in [-0.3, -0.25) is 4.79 Å². The molecule has 2 saturated heterocycles. The third-order valence-corrected chi connectivity index (χ3v) is 11.2. The number of halogens is 2. The lowest BCUT2D eigenvalue weighted by molar-refractivity contribution is -0.137. The molecule has 43 heavy (non-hydrogen) atoms. The minimum atomic E-state index is -3.35. The zero-order valence-electron chi connectivity index (χ0n) is 24.9. The Labute approximate surface area is 265 Å². The zero-order valence-corrected chi connectivity index (χ0v) is 27.2. The quantitative estimate of drug-likeness (QED) is 0.253. The summed E-state index contributed by atoms with van der Waals surface area (Å²) in [5.41, 5.74) is 2.38. The van der Waals surface area contributed by atoms with Crippen molar-refractivity contribution in [1.82, 2.24) is 14.2 Å². The van der Waals surface area contributed by atoms with Crippen LogP contribution in [0.2, 0.25) is 10.0 Å². The van der Waals surface area contributed by atoms with E-state index in [2.05, 4.69) is 18.0 Å². The van der Waals surface area contributed by atoms with E-state index < -0.39 is 15.4 Å². The van der Waals surface area contributed by atoms with E-state index in [1.807, 2.05) is 72.5 Å². The second-order valence-electron chi connectivity index (χ2n) is 12.1. The Hall–Kier alpha value is -2.65. The molecule has 1 aromatic heterocycles. The highest BCUT2D eigenvalue weighted by molar-refractivity contribution is 7.89. The lowest BCUT2D eigenvalue weighted by atomic mass is 9.71. The Morgan fingerprint density at radius 3 is 2.44 bits per heavy atom. The van der Waals surface area contributed by atoms with Crippen molar-refractivity contribution < 1.29 is 17.9 Å². The van der Waals surface area contributed by atoms with Gasteiger partial charge in [-0.25, -0.2) is 13.4 Å². The molecule has 7 nitrogen and oxygen atoms in total. The maximum Gasteiger partial charge on any atom is 0.223 e. The molecule has 0 aliphatic carbocycles. The van der Waals surface area contributed by atoms with Crippen LogP contribution in [0.4, 0.5) is 0 Å². The van der Waals surface area contributed by atoms with Crippen LogP contribution in [0.5, 0.6) is 5.88 Å². The zero-order chi connectivity index (χ0) is 30.8. The van der Waals surface area contributed by atoms with Crippen molar-refractivity contribution in [3.05, 3.63) is 93.6 Å². The molecule has 230 valence electrons. The highest BCUT2D eigenvalue weighted by Gasteiger charge is 2.47. The number of rotatable bonds is 9. The first-order chi connectivity index (χ1) is 20.5. The van der Waals surface area contributed by atoms with Crippen LogP contribution >= 0.6 is 23.2 Å². The van der Waals surface area contributed by atoms with Crippen molar-refractivity contribution in [3.63, 3.8) is 0 Å². The monoisotopic (exact) mass is 643 g/mol. The van der Waals surface area contributed by atoms with Crippen molar-refractivity contribution in [3.8, 4) is 5.88 Å². The normalized spacial score (nSPS) is 25.0. The largest absolute Gasteiger partial charge is 0.481 e. The van der Waals surface area contributed by atoms with Crippen molar-refractivity contribution in [2.24, 2.45) is 5.41 Å². The Morgan fingerprint density at radius 2 is 1.79 bits per heavy atom. The summed E-state index contributed by atoms with van der Waals surface area (Å²) in [6.45, 7) is 4.92. The van der Waals surface area contributed by atoms with Gasteiger partial charge in [-0.05, 0) is 72.6 Å². The molecular weight excluding hydrogens is 605 g/mol. The maximum absolute atomic E-state index is 14.6. The molecule has 1 amide bonds. The van der Waals surface area contributed by atoms with Crippen LogP contribution in [-0.4, -0.2) is 60.5 Å². The molecule has 2 fully saturated rings. The number of nitrogens with zero attached hydrogens (tertiary/aromatic N) is 3. The van der Waals surface area contributed by atoms with E-state index >= 15 is 0 Å². The third-order valence-electron chi connectivity index (χ3n) is 8.83. The molecule has 2 aliphatic heterocycles. The van der Waals surface area contributed by atoms with Gasteiger partial charge in [0.05, 0.1) is 18.9 Å². The molecule has 0 unspecified atom stereocenters. The molecule has 10 heteroatoms. The van der Waals surface area contributed by atoms with Crippen LogP contribution in [-0.2, 0) is 21.2 Å². The van der Waals surface area contributed by atoms with Gasteiger partial charge in [-0.1, -0.05) is 67.4 Å². The number of hydrogen-bond acceptors (Lipinski definition) is 5. The number of benzene rings is 2. The number of carbonyl (C=O) groups is 1. The summed E-state index contributed by atoms with van der Waals surface area (Å²) in [5, 5.41) is 1.24. The fourth-order valence-corrected chi connectivity index (χ4v) is 8.71. The smallest absolute Gasteiger partial charge is 0.223 e. The molecule has 0 bridgehead atoms. The van der Waals surface area contributed by atoms with Crippen LogP contribution in [0.15, 0.2) is 66.7 Å². The van der Waals surface area contributed by atoms with Crippen LogP contribution in [0.1, 0.15) is 68.3 Å². The molecule has 3 aromatic rings. The van der Waals surface area contributed by atoms with E-state index in [0.29, 0.717) is 48.2 Å². The van der Waals surface area contributed by atoms with Gasteiger partial charge < -0.3 is 9.64 Å². The van der Waals surface area contributed by atoms with E-state index in [9.17, 15) is 13.2 Å². The summed E-state index contributed by atoms with van der Waals surface area (Å²) in [6, 6.07) is 20.6. The molecule has 0 N–H and O–H groups in total. The van der Waals surface area contributed by atoms with E-state index in [1.54, 1.807) is 11.4 Å². The van der Waals surface area contributed by atoms with E-state index in [4.69, 9.17) is 27.9 Å². The number of hydrogen-bond donors (Lipinski definition) is 0. The summed E-state index contributed by atoms with van der Waals surface area (Å²) in [4.78, 5) is 21.3. The van der Waals surface area contributed by atoms with Crippen molar-refractivity contribution >= 4 is 39.1 Å². The highest BCUT2D eigenvalue weighted by Crippen LogP contribution is 2.50. The second-order valence-corrected chi connectivity index (χ2v) is 15.0.